The van der Waals surface area contributed by atoms with Gasteiger partial charge < -0.3 is 10.6 Å². The first-order chi connectivity index (χ1) is 15.2. The van der Waals surface area contributed by atoms with Crippen LogP contribution in [0.25, 0.3) is 0 Å². The van der Waals surface area contributed by atoms with E-state index in [0.717, 1.165) is 0 Å². The first kappa shape index (κ1) is 28.5. The fourth-order valence-electron chi connectivity index (χ4n) is 3.39. The van der Waals surface area contributed by atoms with Crippen molar-refractivity contribution in [1.29, 1.82) is 0 Å². The minimum absolute atomic E-state index is 0.0959. The van der Waals surface area contributed by atoms with Crippen LogP contribution in [-0.2, 0) is 30.2 Å². The van der Waals surface area contributed by atoms with Crippen LogP contribution in [0.2, 0.25) is 0 Å². The highest BCUT2D eigenvalue weighted by atomic mass is 32.2. The number of rotatable bonds is 11. The number of hydroxylamine groups is 1. The van der Waals surface area contributed by atoms with E-state index in [-0.39, 0.29) is 12.3 Å². The summed E-state index contributed by atoms with van der Waals surface area (Å²) in [5.74, 6) is -3.87. The van der Waals surface area contributed by atoms with Gasteiger partial charge in [0.15, 0.2) is 0 Å². The molecule has 0 unspecified atom stereocenters. The summed E-state index contributed by atoms with van der Waals surface area (Å²) in [5, 5.41) is 14.4. The molecular formula is C22H36N4O6S. The van der Waals surface area contributed by atoms with Gasteiger partial charge in [0.1, 0.15) is 12.1 Å². The molecule has 0 saturated carbocycles. The fourth-order valence-corrected chi connectivity index (χ4v) is 4.76. The topological polar surface area (TPSA) is 154 Å². The Labute approximate surface area is 195 Å². The molecule has 33 heavy (non-hydrogen) atoms. The molecule has 0 spiro atoms. The molecule has 0 heterocycles. The summed E-state index contributed by atoms with van der Waals surface area (Å²) in [7, 11) is -2.62. The minimum Gasteiger partial charge on any atom is -0.357 e. The smallest absolute Gasteiger partial charge is 0.262 e. The molecule has 186 valence electrons. The monoisotopic (exact) mass is 484 g/mol. The third-order valence-electron chi connectivity index (χ3n) is 5.02. The Morgan fingerprint density at radius 2 is 1.58 bits per heavy atom. The van der Waals surface area contributed by atoms with E-state index in [0.29, 0.717) is 5.56 Å². The van der Waals surface area contributed by atoms with Crippen LogP contribution in [-0.4, -0.2) is 50.5 Å². The van der Waals surface area contributed by atoms with E-state index in [2.05, 4.69) is 15.4 Å². The lowest BCUT2D eigenvalue weighted by molar-refractivity contribution is -0.139. The Hall–Kier alpha value is -2.50. The summed E-state index contributed by atoms with van der Waals surface area (Å²) in [5.41, 5.74) is 1.29. The quantitative estimate of drug-likeness (QED) is 0.232. The molecule has 0 aliphatic carbocycles. The largest absolute Gasteiger partial charge is 0.357 e. The minimum atomic E-state index is -4.06. The van der Waals surface area contributed by atoms with Crippen molar-refractivity contribution in [3.05, 3.63) is 35.9 Å². The zero-order chi connectivity index (χ0) is 25.4. The van der Waals surface area contributed by atoms with Crippen LogP contribution in [0.3, 0.4) is 0 Å². The second-order valence-electron chi connectivity index (χ2n) is 9.47. The van der Waals surface area contributed by atoms with Crippen molar-refractivity contribution in [1.82, 2.24) is 20.8 Å². The van der Waals surface area contributed by atoms with Gasteiger partial charge in [-0.2, -0.15) is 0 Å². The van der Waals surface area contributed by atoms with Crippen molar-refractivity contribution in [3.8, 4) is 0 Å². The van der Waals surface area contributed by atoms with Crippen molar-refractivity contribution in [2.45, 2.75) is 58.9 Å². The predicted octanol–water partition coefficient (Wildman–Crippen LogP) is 0.919. The van der Waals surface area contributed by atoms with Gasteiger partial charge in [0, 0.05) is 7.05 Å². The first-order valence-electron chi connectivity index (χ1n) is 10.7. The number of carbonyl (C=O) groups is 3. The van der Waals surface area contributed by atoms with Crippen molar-refractivity contribution in [2.24, 2.45) is 17.3 Å². The Morgan fingerprint density at radius 1 is 1.00 bits per heavy atom. The number of hydrogen-bond acceptors (Lipinski definition) is 6. The molecule has 0 aliphatic rings. The number of hydrogen-bond donors (Lipinski definition) is 5. The molecule has 1 aromatic carbocycles. The van der Waals surface area contributed by atoms with Crippen molar-refractivity contribution >= 4 is 27.7 Å². The van der Waals surface area contributed by atoms with Crippen molar-refractivity contribution < 1.29 is 28.0 Å². The molecule has 0 saturated heterocycles. The molecule has 0 fully saturated rings. The molecule has 0 radical (unpaired) electrons. The number of nitrogens with one attached hydrogen (secondary N) is 4. The highest BCUT2D eigenvalue weighted by Gasteiger charge is 2.40. The molecule has 3 atom stereocenters. The SMILES string of the molecule is CNC(=O)[C@@H](NC(=O)[C@H](CC(C)C)[C@H](NS(=O)(=O)Cc1ccccc1)C(=O)NO)C(C)(C)C. The van der Waals surface area contributed by atoms with E-state index in [9.17, 15) is 28.0 Å². The van der Waals surface area contributed by atoms with Gasteiger partial charge in [-0.3, -0.25) is 19.6 Å². The average molecular weight is 485 g/mol. The predicted molar refractivity (Wildman–Crippen MR) is 124 cm³/mol. The van der Waals surface area contributed by atoms with Gasteiger partial charge in [-0.15, -0.1) is 0 Å². The molecule has 10 nitrogen and oxygen atoms in total. The number of likely N-dealkylation sites (N-methyl/N-ethyl adjacent to an activating group) is 1. The first-order valence-corrected chi connectivity index (χ1v) is 12.4. The highest BCUT2D eigenvalue weighted by molar-refractivity contribution is 7.88. The number of benzene rings is 1. The van der Waals surface area contributed by atoms with E-state index in [4.69, 9.17) is 0 Å². The van der Waals surface area contributed by atoms with Gasteiger partial charge in [-0.05, 0) is 23.3 Å². The fraction of sp³-hybridized carbons (Fsp3) is 0.591. The van der Waals surface area contributed by atoms with Crippen LogP contribution in [0, 0.1) is 17.3 Å². The average Bonchev–Trinajstić information content (AvgIpc) is 2.72. The summed E-state index contributed by atoms with van der Waals surface area (Å²) in [6.45, 7) is 8.93. The van der Waals surface area contributed by atoms with Gasteiger partial charge in [0.2, 0.25) is 21.8 Å². The van der Waals surface area contributed by atoms with E-state index in [1.54, 1.807) is 51.1 Å². The van der Waals surface area contributed by atoms with Crippen molar-refractivity contribution in [3.63, 3.8) is 0 Å². The lowest BCUT2D eigenvalue weighted by Gasteiger charge is -2.33. The van der Waals surface area contributed by atoms with Crippen LogP contribution >= 0.6 is 0 Å². The molecular weight excluding hydrogens is 448 g/mol. The Bertz CT molecular complexity index is 913. The third kappa shape index (κ3) is 9.10. The van der Waals surface area contributed by atoms with Crippen LogP contribution in [0.5, 0.6) is 0 Å². The third-order valence-corrected chi connectivity index (χ3v) is 6.35. The molecule has 1 rings (SSSR count). The zero-order valence-corrected chi connectivity index (χ0v) is 20.8. The van der Waals surface area contributed by atoms with Gasteiger partial charge in [0.25, 0.3) is 5.91 Å². The highest BCUT2D eigenvalue weighted by Crippen LogP contribution is 2.23. The Morgan fingerprint density at radius 3 is 2.03 bits per heavy atom. The lowest BCUT2D eigenvalue weighted by atomic mass is 9.84. The summed E-state index contributed by atoms with van der Waals surface area (Å²) in [6, 6.07) is 5.84. The molecule has 0 bridgehead atoms. The van der Waals surface area contributed by atoms with Gasteiger partial charge in [-0.25, -0.2) is 18.6 Å². The number of amides is 3. The standard InChI is InChI=1S/C22H36N4O6S/c1-14(2)12-16(19(27)24-18(21(29)23-6)22(3,4)5)17(20(28)25-30)26-33(31,32)13-15-10-8-7-9-11-15/h7-11,14,16-18,26,30H,12-13H2,1-6H3,(H,23,29)(H,24,27)(H,25,28)/t16-,17+,18-/m1/s1. The van der Waals surface area contributed by atoms with Crippen LogP contribution in [0.4, 0.5) is 0 Å². The molecule has 1 aromatic rings. The molecule has 3 amide bonds. The maximum absolute atomic E-state index is 13.3. The second-order valence-corrected chi connectivity index (χ2v) is 11.2. The van der Waals surface area contributed by atoms with Gasteiger partial charge in [0.05, 0.1) is 11.7 Å². The van der Waals surface area contributed by atoms with Crippen LogP contribution in [0.15, 0.2) is 30.3 Å². The summed E-state index contributed by atoms with van der Waals surface area (Å²) < 4.78 is 27.9. The zero-order valence-electron chi connectivity index (χ0n) is 20.0. The molecule has 0 aromatic heterocycles. The summed E-state index contributed by atoms with van der Waals surface area (Å²) in [4.78, 5) is 38.1. The lowest BCUT2D eigenvalue weighted by Crippen LogP contribution is -2.59. The Kier molecular flexibility index (Phi) is 10.5. The second kappa shape index (κ2) is 12.1. The molecule has 11 heteroatoms. The van der Waals surface area contributed by atoms with E-state index >= 15 is 0 Å². The maximum atomic E-state index is 13.3. The normalized spacial score (nSPS) is 14.8. The number of sulfonamides is 1. The summed E-state index contributed by atoms with van der Waals surface area (Å²) in [6.07, 6.45) is 0.127. The molecule has 0 aliphatic heterocycles. The summed E-state index contributed by atoms with van der Waals surface area (Å²) >= 11 is 0. The maximum Gasteiger partial charge on any atom is 0.262 e. The van der Waals surface area contributed by atoms with E-state index in [1.807, 2.05) is 13.8 Å². The van der Waals surface area contributed by atoms with Gasteiger partial charge in [-0.1, -0.05) is 65.0 Å². The Balaban J connectivity index is 3.29. The number of carbonyl (C=O) groups excluding carboxylic acids is 3. The van der Waals surface area contributed by atoms with Crippen LogP contribution < -0.4 is 20.8 Å². The van der Waals surface area contributed by atoms with Gasteiger partial charge >= 0.3 is 0 Å². The van der Waals surface area contributed by atoms with Crippen LogP contribution in [0.1, 0.15) is 46.6 Å². The van der Waals surface area contributed by atoms with E-state index in [1.165, 1.54) is 12.5 Å². The van der Waals surface area contributed by atoms with Crippen molar-refractivity contribution in [2.75, 3.05) is 7.05 Å². The van der Waals surface area contributed by atoms with E-state index < -0.39 is 56.9 Å². The molecule has 5 N–H and O–H groups in total.